The van der Waals surface area contributed by atoms with Crippen LogP contribution in [0.1, 0.15) is 29.3 Å². The zero-order valence-corrected chi connectivity index (χ0v) is 15.0. The number of ether oxygens (including phenoxy) is 1. The second kappa shape index (κ2) is 9.84. The average Bonchev–Trinajstić information content (AvgIpc) is 2.63. The van der Waals surface area contributed by atoms with Crippen LogP contribution >= 0.6 is 11.6 Å². The highest BCUT2D eigenvalue weighted by Gasteiger charge is 2.17. The number of carbonyl (C=O) groups excluding carboxylic acids is 2. The average molecular weight is 360 g/mol. The summed E-state index contributed by atoms with van der Waals surface area (Å²) in [7, 11) is 0. The van der Waals surface area contributed by atoms with Crippen molar-refractivity contribution in [2.45, 2.75) is 19.8 Å². The molecular weight excluding hydrogens is 338 g/mol. The Balaban J connectivity index is 2.05. The minimum absolute atomic E-state index is 0.114. The molecule has 2 rings (SSSR count). The molecule has 0 spiro atoms. The molecule has 1 amide bonds. The summed E-state index contributed by atoms with van der Waals surface area (Å²) in [4.78, 5) is 26.1. The molecule has 0 saturated heterocycles. The molecule has 0 unspecified atom stereocenters. The van der Waals surface area contributed by atoms with Crippen molar-refractivity contribution >= 4 is 23.5 Å². The van der Waals surface area contributed by atoms with E-state index in [-0.39, 0.29) is 18.3 Å². The van der Waals surface area contributed by atoms with Crippen molar-refractivity contribution < 1.29 is 14.3 Å². The Morgan fingerprint density at radius 1 is 1.00 bits per heavy atom. The second-order valence-corrected chi connectivity index (χ2v) is 6.03. The van der Waals surface area contributed by atoms with E-state index < -0.39 is 0 Å². The number of rotatable bonds is 8. The summed E-state index contributed by atoms with van der Waals surface area (Å²) in [6.45, 7) is 2.97. The molecule has 0 aliphatic rings. The molecule has 0 saturated carbocycles. The maximum Gasteiger partial charge on any atom is 0.307 e. The normalized spacial score (nSPS) is 10.3. The van der Waals surface area contributed by atoms with Crippen molar-refractivity contribution in [3.8, 4) is 0 Å². The summed E-state index contributed by atoms with van der Waals surface area (Å²) in [5.74, 6) is -0.409. The summed E-state index contributed by atoms with van der Waals surface area (Å²) >= 11 is 5.89. The number of nitrogens with zero attached hydrogens (tertiary/aromatic N) is 1. The molecule has 0 aromatic heterocycles. The third kappa shape index (κ3) is 6.24. The Morgan fingerprint density at radius 3 is 2.32 bits per heavy atom. The van der Waals surface area contributed by atoms with E-state index in [1.165, 1.54) is 0 Å². The topological polar surface area (TPSA) is 46.6 Å². The smallest absolute Gasteiger partial charge is 0.307 e. The van der Waals surface area contributed by atoms with Gasteiger partial charge in [-0.15, -0.1) is 0 Å². The van der Waals surface area contributed by atoms with Gasteiger partial charge in [0, 0.05) is 23.7 Å². The lowest BCUT2D eigenvalue weighted by Gasteiger charge is -2.22. The third-order valence-corrected chi connectivity index (χ3v) is 4.03. The van der Waals surface area contributed by atoms with Gasteiger partial charge in [-0.25, -0.2) is 0 Å². The van der Waals surface area contributed by atoms with Crippen LogP contribution in [0, 0.1) is 0 Å². The van der Waals surface area contributed by atoms with E-state index in [1.807, 2.05) is 30.3 Å². The predicted octanol–water partition coefficient (Wildman–Crippen LogP) is 3.98. The Hall–Kier alpha value is -2.33. The monoisotopic (exact) mass is 359 g/mol. The van der Waals surface area contributed by atoms with Gasteiger partial charge in [-0.05, 0) is 43.2 Å². The van der Waals surface area contributed by atoms with Gasteiger partial charge in [0.2, 0.25) is 0 Å². The SMILES string of the molecule is CCOC(=O)CCN(CCc1ccccc1)C(=O)c1ccc(Cl)cc1. The molecule has 0 aliphatic carbocycles. The van der Waals surface area contributed by atoms with Gasteiger partial charge in [0.1, 0.15) is 0 Å². The summed E-state index contributed by atoms with van der Waals surface area (Å²) in [5.41, 5.74) is 1.70. The van der Waals surface area contributed by atoms with Gasteiger partial charge in [-0.1, -0.05) is 41.9 Å². The van der Waals surface area contributed by atoms with E-state index in [2.05, 4.69) is 0 Å². The van der Waals surface area contributed by atoms with Crippen LogP contribution in [0.3, 0.4) is 0 Å². The quantitative estimate of drug-likeness (QED) is 0.670. The molecule has 25 heavy (non-hydrogen) atoms. The maximum atomic E-state index is 12.8. The minimum atomic E-state index is -0.295. The lowest BCUT2D eigenvalue weighted by Crippen LogP contribution is -2.35. The lowest BCUT2D eigenvalue weighted by atomic mass is 10.1. The van der Waals surface area contributed by atoms with Gasteiger partial charge >= 0.3 is 5.97 Å². The molecule has 0 aliphatic heterocycles. The number of esters is 1. The molecule has 0 bridgehead atoms. The molecule has 2 aromatic rings. The predicted molar refractivity (Wildman–Crippen MR) is 98.8 cm³/mol. The summed E-state index contributed by atoms with van der Waals surface area (Å²) in [5, 5.41) is 0.582. The number of amides is 1. The maximum absolute atomic E-state index is 12.8. The molecule has 0 fully saturated rings. The van der Waals surface area contributed by atoms with Crippen molar-refractivity contribution in [1.29, 1.82) is 0 Å². The van der Waals surface area contributed by atoms with Gasteiger partial charge in [-0.2, -0.15) is 0 Å². The third-order valence-electron chi connectivity index (χ3n) is 3.78. The number of benzene rings is 2. The fourth-order valence-corrected chi connectivity index (χ4v) is 2.58. The van der Waals surface area contributed by atoms with Gasteiger partial charge in [-0.3, -0.25) is 9.59 Å². The van der Waals surface area contributed by atoms with Gasteiger partial charge in [0.05, 0.1) is 13.0 Å². The van der Waals surface area contributed by atoms with Crippen molar-refractivity contribution in [1.82, 2.24) is 4.90 Å². The minimum Gasteiger partial charge on any atom is -0.466 e. The number of carbonyl (C=O) groups is 2. The molecule has 0 heterocycles. The van der Waals surface area contributed by atoms with Crippen molar-refractivity contribution in [3.63, 3.8) is 0 Å². The first-order chi connectivity index (χ1) is 12.1. The fraction of sp³-hybridized carbons (Fsp3) is 0.300. The molecule has 5 heteroatoms. The zero-order chi connectivity index (χ0) is 18.1. The number of halogens is 1. The van der Waals surface area contributed by atoms with Crippen LogP contribution in [0.25, 0.3) is 0 Å². The van der Waals surface area contributed by atoms with Crippen LogP contribution < -0.4 is 0 Å². The highest BCUT2D eigenvalue weighted by molar-refractivity contribution is 6.30. The van der Waals surface area contributed by atoms with E-state index >= 15 is 0 Å². The van der Waals surface area contributed by atoms with E-state index in [0.29, 0.717) is 30.3 Å². The summed E-state index contributed by atoms with van der Waals surface area (Å²) in [6, 6.07) is 16.7. The molecule has 4 nitrogen and oxygen atoms in total. The first kappa shape index (κ1) is 19.0. The van der Waals surface area contributed by atoms with Crippen molar-refractivity contribution in [3.05, 3.63) is 70.7 Å². The fourth-order valence-electron chi connectivity index (χ4n) is 2.46. The number of hydrogen-bond donors (Lipinski definition) is 0. The van der Waals surface area contributed by atoms with Crippen LogP contribution in [-0.2, 0) is 16.0 Å². The van der Waals surface area contributed by atoms with Crippen LogP contribution in [-0.4, -0.2) is 36.5 Å². The molecule has 132 valence electrons. The van der Waals surface area contributed by atoms with Crippen LogP contribution in [0.5, 0.6) is 0 Å². The highest BCUT2D eigenvalue weighted by atomic mass is 35.5. The zero-order valence-electron chi connectivity index (χ0n) is 14.3. The Labute approximate surface area is 153 Å². The Bertz CT molecular complexity index is 686. The summed E-state index contributed by atoms with van der Waals surface area (Å²) < 4.78 is 4.96. The molecular formula is C20H22ClNO3. The molecule has 0 radical (unpaired) electrons. The van der Waals surface area contributed by atoms with Crippen LogP contribution in [0.4, 0.5) is 0 Å². The van der Waals surface area contributed by atoms with E-state index in [0.717, 1.165) is 12.0 Å². The van der Waals surface area contributed by atoms with Gasteiger partial charge < -0.3 is 9.64 Å². The molecule has 2 aromatic carbocycles. The van der Waals surface area contributed by atoms with Crippen molar-refractivity contribution in [2.75, 3.05) is 19.7 Å². The van der Waals surface area contributed by atoms with Crippen LogP contribution in [0.2, 0.25) is 5.02 Å². The number of hydrogen-bond acceptors (Lipinski definition) is 3. The Morgan fingerprint density at radius 2 is 1.68 bits per heavy atom. The second-order valence-electron chi connectivity index (χ2n) is 5.59. The first-order valence-corrected chi connectivity index (χ1v) is 8.72. The standard InChI is InChI=1S/C20H22ClNO3/c1-2-25-19(23)13-15-22(14-12-16-6-4-3-5-7-16)20(24)17-8-10-18(21)11-9-17/h3-11H,2,12-15H2,1H3. The summed E-state index contributed by atoms with van der Waals surface area (Å²) in [6.07, 6.45) is 0.908. The largest absolute Gasteiger partial charge is 0.466 e. The highest BCUT2D eigenvalue weighted by Crippen LogP contribution is 2.13. The van der Waals surface area contributed by atoms with E-state index in [9.17, 15) is 9.59 Å². The van der Waals surface area contributed by atoms with Crippen LogP contribution in [0.15, 0.2) is 54.6 Å². The van der Waals surface area contributed by atoms with E-state index in [4.69, 9.17) is 16.3 Å². The Kier molecular flexibility index (Phi) is 7.48. The first-order valence-electron chi connectivity index (χ1n) is 8.34. The lowest BCUT2D eigenvalue weighted by molar-refractivity contribution is -0.143. The molecule has 0 N–H and O–H groups in total. The van der Waals surface area contributed by atoms with Gasteiger partial charge in [0.15, 0.2) is 0 Å². The molecule has 0 atom stereocenters. The van der Waals surface area contributed by atoms with Crippen molar-refractivity contribution in [2.24, 2.45) is 0 Å². The van der Waals surface area contributed by atoms with E-state index in [1.54, 1.807) is 36.1 Å². The van der Waals surface area contributed by atoms with Gasteiger partial charge in [0.25, 0.3) is 5.91 Å².